The topological polar surface area (TPSA) is 32.3 Å². The molecule has 0 heterocycles. The predicted octanol–water partition coefficient (Wildman–Crippen LogP) is -1.92. The van der Waals surface area contributed by atoms with E-state index in [-0.39, 0.29) is 63.8 Å². The fourth-order valence-corrected chi connectivity index (χ4v) is 1.04. The van der Waals surface area contributed by atoms with Gasteiger partial charge in [0, 0.05) is 6.54 Å². The SMILES string of the molecule is CC(C)CNC(=O)CN(C)C[B-](F)(F)F.[K+]. The third-order valence-corrected chi connectivity index (χ3v) is 1.64. The van der Waals surface area contributed by atoms with Gasteiger partial charge in [-0.1, -0.05) is 13.8 Å². The van der Waals surface area contributed by atoms with Gasteiger partial charge in [0.2, 0.25) is 5.91 Å². The van der Waals surface area contributed by atoms with Crippen molar-refractivity contribution in [2.24, 2.45) is 5.92 Å². The van der Waals surface area contributed by atoms with Gasteiger partial charge in [0.15, 0.2) is 0 Å². The van der Waals surface area contributed by atoms with Crippen molar-refractivity contribution < 1.29 is 69.1 Å². The molecule has 3 nitrogen and oxygen atoms in total. The predicted molar refractivity (Wildman–Crippen MR) is 54.4 cm³/mol. The zero-order chi connectivity index (χ0) is 12.1. The van der Waals surface area contributed by atoms with Crippen molar-refractivity contribution in [1.82, 2.24) is 10.2 Å². The maximum atomic E-state index is 12.0. The Hall–Kier alpha value is 0.921. The molecule has 90 valence electrons. The van der Waals surface area contributed by atoms with Crippen LogP contribution in [0.4, 0.5) is 12.9 Å². The standard InChI is InChI=1S/C8H17BF3N2O.K/c1-7(2)4-13-8(15)5-14(3)6-9(10,11)12;/h7H,4-6H2,1-3H3,(H,13,15);/q-1;+1. The van der Waals surface area contributed by atoms with E-state index >= 15 is 0 Å². The summed E-state index contributed by atoms with van der Waals surface area (Å²) in [4.78, 5) is 12.1. The number of hydrogen-bond acceptors (Lipinski definition) is 2. The summed E-state index contributed by atoms with van der Waals surface area (Å²) in [7, 11) is 1.28. The fourth-order valence-electron chi connectivity index (χ4n) is 1.04. The Labute approximate surface area is 137 Å². The zero-order valence-electron chi connectivity index (χ0n) is 10.3. The van der Waals surface area contributed by atoms with Crippen molar-refractivity contribution in [3.05, 3.63) is 0 Å². The van der Waals surface area contributed by atoms with E-state index in [2.05, 4.69) is 5.32 Å². The molecule has 0 radical (unpaired) electrons. The number of carbonyl (C=O) groups is 1. The zero-order valence-corrected chi connectivity index (χ0v) is 13.4. The number of amides is 1. The van der Waals surface area contributed by atoms with E-state index in [1.165, 1.54) is 7.05 Å². The Bertz CT molecular complexity index is 214. The van der Waals surface area contributed by atoms with Crippen LogP contribution in [0.1, 0.15) is 13.8 Å². The van der Waals surface area contributed by atoms with Gasteiger partial charge in [-0.3, -0.25) is 4.79 Å². The van der Waals surface area contributed by atoms with E-state index in [4.69, 9.17) is 0 Å². The van der Waals surface area contributed by atoms with Gasteiger partial charge in [0.1, 0.15) is 0 Å². The molecule has 0 aliphatic carbocycles. The maximum absolute atomic E-state index is 12.0. The van der Waals surface area contributed by atoms with Gasteiger partial charge in [-0.2, -0.15) is 0 Å². The van der Waals surface area contributed by atoms with Crippen LogP contribution in [0.2, 0.25) is 0 Å². The minimum atomic E-state index is -4.85. The molecule has 0 spiro atoms. The molecule has 0 aromatic heterocycles. The van der Waals surface area contributed by atoms with Crippen molar-refractivity contribution >= 4 is 12.9 Å². The van der Waals surface area contributed by atoms with Gasteiger partial charge in [-0.15, -0.1) is 0 Å². The molecule has 0 fully saturated rings. The molecular weight excluding hydrogens is 247 g/mol. The summed E-state index contributed by atoms with van der Waals surface area (Å²) in [5.41, 5.74) is 0. The monoisotopic (exact) mass is 264 g/mol. The van der Waals surface area contributed by atoms with Crippen molar-refractivity contribution in [3.63, 3.8) is 0 Å². The van der Waals surface area contributed by atoms with E-state index in [1.54, 1.807) is 0 Å². The quantitative estimate of drug-likeness (QED) is 0.567. The molecule has 0 aliphatic rings. The van der Waals surface area contributed by atoms with Crippen LogP contribution in [0, 0.1) is 5.92 Å². The summed E-state index contributed by atoms with van der Waals surface area (Å²) in [6, 6.07) is 0. The second-order valence-electron chi connectivity index (χ2n) is 4.11. The van der Waals surface area contributed by atoms with Crippen LogP contribution >= 0.6 is 0 Å². The fraction of sp³-hybridized carbons (Fsp3) is 0.875. The van der Waals surface area contributed by atoms with E-state index < -0.39 is 13.4 Å². The second-order valence-corrected chi connectivity index (χ2v) is 4.11. The minimum Gasteiger partial charge on any atom is -0.448 e. The second kappa shape index (κ2) is 8.93. The van der Waals surface area contributed by atoms with E-state index in [0.29, 0.717) is 12.5 Å². The Morgan fingerprint density at radius 2 is 1.88 bits per heavy atom. The molecule has 1 amide bonds. The first kappa shape index (κ1) is 19.3. The van der Waals surface area contributed by atoms with Crippen molar-refractivity contribution in [2.75, 3.05) is 26.6 Å². The van der Waals surface area contributed by atoms with Crippen molar-refractivity contribution in [2.45, 2.75) is 13.8 Å². The van der Waals surface area contributed by atoms with Gasteiger partial charge >= 0.3 is 58.4 Å². The number of nitrogens with zero attached hydrogens (tertiary/aromatic N) is 1. The number of halogens is 3. The summed E-state index contributed by atoms with van der Waals surface area (Å²) in [6.07, 6.45) is -1.00. The van der Waals surface area contributed by atoms with Gasteiger partial charge in [0.05, 0.1) is 6.54 Å². The molecule has 16 heavy (non-hydrogen) atoms. The molecule has 0 bridgehead atoms. The summed E-state index contributed by atoms with van der Waals surface area (Å²) in [5.74, 6) is -0.0719. The van der Waals surface area contributed by atoms with E-state index in [1.807, 2.05) is 13.8 Å². The number of likely N-dealkylation sites (N-methyl/N-ethyl adjacent to an activating group) is 1. The number of carbonyl (C=O) groups excluding carboxylic acids is 1. The van der Waals surface area contributed by atoms with Crippen LogP contribution in [-0.4, -0.2) is 44.4 Å². The minimum absolute atomic E-state index is 0. The molecule has 0 aromatic carbocycles. The number of nitrogens with one attached hydrogen (secondary N) is 1. The van der Waals surface area contributed by atoms with Crippen LogP contribution in [0.25, 0.3) is 0 Å². The van der Waals surface area contributed by atoms with Crippen LogP contribution in [0.5, 0.6) is 0 Å². The molecule has 0 unspecified atom stereocenters. The summed E-state index contributed by atoms with van der Waals surface area (Å²) >= 11 is 0. The average molecular weight is 264 g/mol. The Balaban J connectivity index is 0. The summed E-state index contributed by atoms with van der Waals surface area (Å²) in [6.45, 7) is -0.740. The number of hydrogen-bond donors (Lipinski definition) is 1. The molecule has 0 atom stereocenters. The van der Waals surface area contributed by atoms with Crippen molar-refractivity contribution in [3.8, 4) is 0 Å². The number of rotatable bonds is 6. The Morgan fingerprint density at radius 3 is 2.25 bits per heavy atom. The molecule has 0 saturated heterocycles. The van der Waals surface area contributed by atoms with E-state index in [9.17, 15) is 17.7 Å². The van der Waals surface area contributed by atoms with E-state index in [0.717, 1.165) is 4.90 Å². The molecule has 0 saturated carbocycles. The van der Waals surface area contributed by atoms with Crippen LogP contribution < -0.4 is 56.7 Å². The van der Waals surface area contributed by atoms with Gasteiger partial charge in [-0.05, 0) is 19.4 Å². The normalized spacial score (nSPS) is 11.5. The third-order valence-electron chi connectivity index (χ3n) is 1.64. The van der Waals surface area contributed by atoms with Gasteiger partial charge in [-0.25, -0.2) is 0 Å². The molecule has 1 N–H and O–H groups in total. The Kier molecular flexibility index (Phi) is 10.8. The first-order chi connectivity index (χ1) is 6.70. The van der Waals surface area contributed by atoms with Crippen molar-refractivity contribution in [1.29, 1.82) is 0 Å². The van der Waals surface area contributed by atoms with Crippen LogP contribution in [0.3, 0.4) is 0 Å². The molecule has 8 heteroatoms. The van der Waals surface area contributed by atoms with Gasteiger partial charge < -0.3 is 23.2 Å². The summed E-state index contributed by atoms with van der Waals surface area (Å²) < 4.78 is 35.9. The smallest absolute Gasteiger partial charge is 0.448 e. The van der Waals surface area contributed by atoms with Crippen LogP contribution in [-0.2, 0) is 4.79 Å². The largest absolute Gasteiger partial charge is 1.00 e. The first-order valence-corrected chi connectivity index (χ1v) is 4.87. The van der Waals surface area contributed by atoms with Crippen LogP contribution in [0.15, 0.2) is 0 Å². The maximum Gasteiger partial charge on any atom is 1.00 e. The Morgan fingerprint density at radius 1 is 1.38 bits per heavy atom. The molecular formula is C8H17BF3KN2O. The third kappa shape index (κ3) is 13.0. The van der Waals surface area contributed by atoms with Gasteiger partial charge in [0.25, 0.3) is 0 Å². The molecule has 0 rings (SSSR count). The average Bonchev–Trinajstić information content (AvgIpc) is 1.96. The summed E-state index contributed by atoms with van der Waals surface area (Å²) in [5, 5.41) is 2.56. The first-order valence-electron chi connectivity index (χ1n) is 4.87. The molecule has 0 aromatic rings. The molecule has 0 aliphatic heterocycles.